The van der Waals surface area contributed by atoms with Crippen molar-refractivity contribution < 1.29 is 14.3 Å². The molecule has 104 valence electrons. The van der Waals surface area contributed by atoms with E-state index in [-0.39, 0.29) is 6.09 Å². The minimum atomic E-state index is -0.495. The maximum atomic E-state index is 12.0. The molecule has 1 aromatic rings. The van der Waals surface area contributed by atoms with Crippen molar-refractivity contribution in [2.45, 2.75) is 39.3 Å². The summed E-state index contributed by atoms with van der Waals surface area (Å²) in [5.74, 6) is -0.400. The number of thiophene rings is 1. The number of hydrogen-bond donors (Lipinski definition) is 1. The van der Waals surface area contributed by atoms with Crippen LogP contribution in [0.15, 0.2) is 5.38 Å². The van der Waals surface area contributed by atoms with Crippen LogP contribution in [-0.2, 0) is 17.7 Å². The molecule has 0 aromatic carbocycles. The summed E-state index contributed by atoms with van der Waals surface area (Å²) in [4.78, 5) is 25.9. The number of rotatable bonds is 1. The molecule has 2 heterocycles. The smallest absolute Gasteiger partial charge is 0.410 e. The van der Waals surface area contributed by atoms with Gasteiger partial charge in [-0.15, -0.1) is 11.3 Å². The summed E-state index contributed by atoms with van der Waals surface area (Å²) >= 11 is 1.47. The Kier molecular flexibility index (Phi) is 3.54. The van der Waals surface area contributed by atoms with Crippen LogP contribution in [0, 0.1) is 0 Å². The second-order valence-electron chi connectivity index (χ2n) is 5.57. The molecular formula is C13H18N2O3S. The molecule has 0 bridgehead atoms. The van der Waals surface area contributed by atoms with Gasteiger partial charge in [-0.3, -0.25) is 4.79 Å². The molecule has 1 aliphatic rings. The maximum absolute atomic E-state index is 12.0. The van der Waals surface area contributed by atoms with Crippen LogP contribution < -0.4 is 5.73 Å². The van der Waals surface area contributed by atoms with Crippen LogP contribution in [-0.4, -0.2) is 29.0 Å². The summed E-state index contributed by atoms with van der Waals surface area (Å²) in [5.41, 5.74) is 6.40. The van der Waals surface area contributed by atoms with Crippen molar-refractivity contribution in [2.75, 3.05) is 6.54 Å². The summed E-state index contributed by atoms with van der Waals surface area (Å²) in [5, 5.41) is 1.77. The van der Waals surface area contributed by atoms with Crippen LogP contribution >= 0.6 is 11.3 Å². The van der Waals surface area contributed by atoms with Crippen molar-refractivity contribution in [3.05, 3.63) is 21.4 Å². The van der Waals surface area contributed by atoms with Crippen LogP contribution in [0.2, 0.25) is 0 Å². The van der Waals surface area contributed by atoms with E-state index in [4.69, 9.17) is 10.5 Å². The van der Waals surface area contributed by atoms with Crippen molar-refractivity contribution >= 4 is 23.3 Å². The Balaban J connectivity index is 2.11. The third-order valence-corrected chi connectivity index (χ3v) is 3.88. The molecule has 1 aromatic heterocycles. The monoisotopic (exact) mass is 282 g/mol. The fourth-order valence-electron chi connectivity index (χ4n) is 2.02. The standard InChI is InChI=1S/C13H18N2O3S/c1-13(2,3)18-12(17)15-5-4-8-9(11(14)16)7-19-10(8)6-15/h7H,4-6H2,1-3H3,(H2,14,16). The molecule has 2 amide bonds. The number of hydrogen-bond acceptors (Lipinski definition) is 4. The van der Waals surface area contributed by atoms with E-state index in [0.717, 1.165) is 10.4 Å². The highest BCUT2D eigenvalue weighted by Gasteiger charge is 2.28. The second-order valence-corrected chi connectivity index (χ2v) is 6.53. The third-order valence-electron chi connectivity index (χ3n) is 2.86. The molecule has 19 heavy (non-hydrogen) atoms. The largest absolute Gasteiger partial charge is 0.444 e. The number of primary amides is 1. The van der Waals surface area contributed by atoms with Crippen LogP contribution in [0.3, 0.4) is 0 Å². The van der Waals surface area contributed by atoms with Crippen LogP contribution in [0.25, 0.3) is 0 Å². The first-order valence-electron chi connectivity index (χ1n) is 6.15. The number of nitrogens with two attached hydrogens (primary N) is 1. The average Bonchev–Trinajstić information content (AvgIpc) is 2.68. The third kappa shape index (κ3) is 3.07. The number of ether oxygens (including phenoxy) is 1. The zero-order valence-corrected chi connectivity index (χ0v) is 12.2. The molecule has 0 saturated carbocycles. The van der Waals surface area contributed by atoms with Crippen LogP contribution in [0.5, 0.6) is 0 Å². The van der Waals surface area contributed by atoms with E-state index in [2.05, 4.69) is 0 Å². The van der Waals surface area contributed by atoms with Gasteiger partial charge in [-0.25, -0.2) is 4.79 Å². The lowest BCUT2D eigenvalue weighted by molar-refractivity contribution is 0.0226. The Bertz CT molecular complexity index is 516. The Morgan fingerprint density at radius 2 is 2.11 bits per heavy atom. The van der Waals surface area contributed by atoms with Crippen molar-refractivity contribution in [2.24, 2.45) is 5.73 Å². The average molecular weight is 282 g/mol. The minimum Gasteiger partial charge on any atom is -0.444 e. The summed E-state index contributed by atoms with van der Waals surface area (Å²) < 4.78 is 5.35. The van der Waals surface area contributed by atoms with Gasteiger partial charge in [-0.2, -0.15) is 0 Å². The van der Waals surface area contributed by atoms with Crippen molar-refractivity contribution in [3.63, 3.8) is 0 Å². The number of nitrogens with zero attached hydrogens (tertiary/aromatic N) is 1. The number of amides is 2. The lowest BCUT2D eigenvalue weighted by Gasteiger charge is -2.30. The maximum Gasteiger partial charge on any atom is 0.410 e. The SMILES string of the molecule is CC(C)(C)OC(=O)N1CCc2c(C(N)=O)csc2C1. The van der Waals surface area contributed by atoms with E-state index in [1.807, 2.05) is 20.8 Å². The fraction of sp³-hybridized carbons (Fsp3) is 0.538. The van der Waals surface area contributed by atoms with Gasteiger partial charge in [0.1, 0.15) is 5.60 Å². The highest BCUT2D eigenvalue weighted by molar-refractivity contribution is 7.10. The van der Waals surface area contributed by atoms with Crippen molar-refractivity contribution in [3.8, 4) is 0 Å². The van der Waals surface area contributed by atoms with Gasteiger partial charge >= 0.3 is 6.09 Å². The lowest BCUT2D eigenvalue weighted by atomic mass is 10.0. The number of fused-ring (bicyclic) bond motifs is 1. The summed E-state index contributed by atoms with van der Waals surface area (Å²) in [6.45, 7) is 6.57. The fourth-order valence-corrected chi connectivity index (χ4v) is 3.12. The Hall–Kier alpha value is -1.56. The molecule has 0 saturated heterocycles. The molecule has 0 aliphatic carbocycles. The van der Waals surface area contributed by atoms with E-state index in [0.29, 0.717) is 25.1 Å². The molecule has 6 heteroatoms. The van der Waals surface area contributed by atoms with Gasteiger partial charge in [0.2, 0.25) is 5.91 Å². The Morgan fingerprint density at radius 3 is 2.68 bits per heavy atom. The zero-order chi connectivity index (χ0) is 14.2. The Morgan fingerprint density at radius 1 is 1.42 bits per heavy atom. The quantitative estimate of drug-likeness (QED) is 0.857. The first kappa shape index (κ1) is 13.9. The van der Waals surface area contributed by atoms with Gasteiger partial charge in [0.05, 0.1) is 12.1 Å². The first-order chi connectivity index (χ1) is 8.78. The molecule has 0 unspecified atom stereocenters. The predicted octanol–water partition coefficient (Wildman–Crippen LogP) is 2.14. The normalized spacial score (nSPS) is 15.0. The zero-order valence-electron chi connectivity index (χ0n) is 11.4. The van der Waals surface area contributed by atoms with Gasteiger partial charge < -0.3 is 15.4 Å². The second kappa shape index (κ2) is 4.85. The van der Waals surface area contributed by atoms with Crippen molar-refractivity contribution in [1.29, 1.82) is 0 Å². The molecule has 0 spiro atoms. The molecule has 2 N–H and O–H groups in total. The summed E-state index contributed by atoms with van der Waals surface area (Å²) in [6, 6.07) is 0. The van der Waals surface area contributed by atoms with Gasteiger partial charge in [-0.1, -0.05) is 0 Å². The van der Waals surface area contributed by atoms with E-state index < -0.39 is 11.5 Å². The van der Waals surface area contributed by atoms with Crippen LogP contribution in [0.1, 0.15) is 41.6 Å². The number of carbonyl (C=O) groups is 2. The van der Waals surface area contributed by atoms with Gasteiger partial charge in [0, 0.05) is 16.8 Å². The van der Waals surface area contributed by atoms with E-state index >= 15 is 0 Å². The molecular weight excluding hydrogens is 264 g/mol. The van der Waals surface area contributed by atoms with E-state index in [1.54, 1.807) is 10.3 Å². The molecule has 0 atom stereocenters. The lowest BCUT2D eigenvalue weighted by Crippen LogP contribution is -2.39. The topological polar surface area (TPSA) is 72.6 Å². The molecule has 0 fully saturated rings. The van der Waals surface area contributed by atoms with Gasteiger partial charge in [0.15, 0.2) is 0 Å². The molecule has 2 rings (SSSR count). The summed E-state index contributed by atoms with van der Waals surface area (Å²) in [6.07, 6.45) is 0.336. The highest BCUT2D eigenvalue weighted by atomic mass is 32.1. The minimum absolute atomic E-state index is 0.313. The van der Waals surface area contributed by atoms with E-state index in [9.17, 15) is 9.59 Å². The Labute approximate surface area is 116 Å². The van der Waals surface area contributed by atoms with Crippen LogP contribution in [0.4, 0.5) is 4.79 Å². The predicted molar refractivity (Wildman–Crippen MR) is 73.2 cm³/mol. The molecule has 0 radical (unpaired) electrons. The molecule has 5 nitrogen and oxygen atoms in total. The molecule has 1 aliphatic heterocycles. The van der Waals surface area contributed by atoms with Gasteiger partial charge in [0.25, 0.3) is 0 Å². The van der Waals surface area contributed by atoms with Crippen molar-refractivity contribution in [1.82, 2.24) is 4.90 Å². The summed E-state index contributed by atoms with van der Waals surface area (Å²) in [7, 11) is 0. The number of carbonyl (C=O) groups excluding carboxylic acids is 2. The van der Waals surface area contributed by atoms with Gasteiger partial charge in [-0.05, 0) is 32.8 Å². The van der Waals surface area contributed by atoms with E-state index in [1.165, 1.54) is 11.3 Å². The first-order valence-corrected chi connectivity index (χ1v) is 7.03. The highest BCUT2D eigenvalue weighted by Crippen LogP contribution is 2.29.